The van der Waals surface area contributed by atoms with Gasteiger partial charge in [-0.1, -0.05) is 30.3 Å². The average Bonchev–Trinajstić information content (AvgIpc) is 2.33. The second-order valence-corrected chi connectivity index (χ2v) is 4.73. The smallest absolute Gasteiger partial charge is 0.0800 e. The van der Waals surface area contributed by atoms with E-state index in [9.17, 15) is 0 Å². The highest BCUT2D eigenvalue weighted by Crippen LogP contribution is 2.26. The molecular weight excluding hydrogens is 198 g/mol. The van der Waals surface area contributed by atoms with Crippen LogP contribution in [0.4, 0.5) is 0 Å². The maximum Gasteiger partial charge on any atom is 0.0800 e. The molecule has 0 bridgehead atoms. The third-order valence-corrected chi connectivity index (χ3v) is 3.38. The van der Waals surface area contributed by atoms with Crippen molar-refractivity contribution in [3.05, 3.63) is 35.9 Å². The molecule has 0 aliphatic heterocycles. The number of hydrogen-bond donors (Lipinski definition) is 1. The lowest BCUT2D eigenvalue weighted by Gasteiger charge is -2.28. The molecule has 0 saturated heterocycles. The monoisotopic (exact) mass is 219 g/mol. The molecule has 1 aliphatic rings. The van der Waals surface area contributed by atoms with Crippen LogP contribution in [-0.4, -0.2) is 12.1 Å². The summed E-state index contributed by atoms with van der Waals surface area (Å²) in [6.45, 7) is 2.13. The lowest BCUT2D eigenvalue weighted by atomic mass is 9.93. The zero-order chi connectivity index (χ0) is 11.4. The van der Waals surface area contributed by atoms with Crippen LogP contribution < -0.4 is 5.73 Å². The summed E-state index contributed by atoms with van der Waals surface area (Å²) in [5, 5.41) is 0. The Morgan fingerprint density at radius 3 is 2.38 bits per heavy atom. The van der Waals surface area contributed by atoms with Crippen molar-refractivity contribution in [2.45, 2.75) is 50.9 Å². The topological polar surface area (TPSA) is 35.2 Å². The molecule has 0 amide bonds. The highest BCUT2D eigenvalue weighted by molar-refractivity contribution is 5.16. The van der Waals surface area contributed by atoms with Crippen LogP contribution in [-0.2, 0) is 4.74 Å². The van der Waals surface area contributed by atoms with E-state index in [1.807, 2.05) is 6.07 Å². The van der Waals surface area contributed by atoms with Crippen molar-refractivity contribution in [2.75, 3.05) is 0 Å². The summed E-state index contributed by atoms with van der Waals surface area (Å²) >= 11 is 0. The molecule has 1 aliphatic carbocycles. The van der Waals surface area contributed by atoms with Gasteiger partial charge in [-0.25, -0.2) is 0 Å². The van der Waals surface area contributed by atoms with Crippen molar-refractivity contribution >= 4 is 0 Å². The summed E-state index contributed by atoms with van der Waals surface area (Å²) in [7, 11) is 0. The minimum atomic E-state index is 0.195. The molecule has 0 heterocycles. The maximum atomic E-state index is 6.07. The maximum absolute atomic E-state index is 6.07. The van der Waals surface area contributed by atoms with Crippen LogP contribution in [0.5, 0.6) is 0 Å². The fraction of sp³-hybridized carbons (Fsp3) is 0.571. The molecule has 16 heavy (non-hydrogen) atoms. The summed E-state index contributed by atoms with van der Waals surface area (Å²) in [4.78, 5) is 0. The molecule has 2 nitrogen and oxygen atoms in total. The molecule has 1 aromatic rings. The van der Waals surface area contributed by atoms with Gasteiger partial charge < -0.3 is 10.5 Å². The van der Waals surface area contributed by atoms with E-state index in [1.165, 1.54) is 5.56 Å². The van der Waals surface area contributed by atoms with Crippen LogP contribution in [0, 0.1) is 0 Å². The van der Waals surface area contributed by atoms with Gasteiger partial charge in [0.2, 0.25) is 0 Å². The Kier molecular flexibility index (Phi) is 3.97. The fourth-order valence-electron chi connectivity index (χ4n) is 2.32. The van der Waals surface area contributed by atoms with Crippen molar-refractivity contribution in [3.63, 3.8) is 0 Å². The molecule has 1 fully saturated rings. The van der Waals surface area contributed by atoms with E-state index < -0.39 is 0 Å². The number of benzene rings is 1. The van der Waals surface area contributed by atoms with Gasteiger partial charge in [-0.2, -0.15) is 0 Å². The van der Waals surface area contributed by atoms with Crippen LogP contribution in [0.15, 0.2) is 30.3 Å². The molecule has 2 rings (SSSR count). The highest BCUT2D eigenvalue weighted by Gasteiger charge is 2.21. The predicted octanol–water partition coefficient (Wildman–Crippen LogP) is 3.03. The van der Waals surface area contributed by atoms with Crippen molar-refractivity contribution < 1.29 is 4.74 Å². The van der Waals surface area contributed by atoms with Gasteiger partial charge in [-0.05, 0) is 38.2 Å². The van der Waals surface area contributed by atoms with Crippen LogP contribution in [0.3, 0.4) is 0 Å². The van der Waals surface area contributed by atoms with E-state index in [1.54, 1.807) is 0 Å². The standard InChI is InChI=1S/C14H21NO/c1-11(12-5-3-2-4-6-12)16-14-9-7-13(15)8-10-14/h2-6,11,13-14H,7-10,15H2,1H3. The molecule has 2 N–H and O–H groups in total. The minimum Gasteiger partial charge on any atom is -0.371 e. The van der Waals surface area contributed by atoms with Crippen molar-refractivity contribution in [3.8, 4) is 0 Å². The van der Waals surface area contributed by atoms with E-state index in [0.717, 1.165) is 25.7 Å². The Hall–Kier alpha value is -0.860. The summed E-state index contributed by atoms with van der Waals surface area (Å²) in [6.07, 6.45) is 5.02. The molecule has 2 heteroatoms. The quantitative estimate of drug-likeness (QED) is 0.848. The molecular formula is C14H21NO. The van der Waals surface area contributed by atoms with Crippen LogP contribution >= 0.6 is 0 Å². The van der Waals surface area contributed by atoms with Gasteiger partial charge in [0.25, 0.3) is 0 Å². The third kappa shape index (κ3) is 3.06. The van der Waals surface area contributed by atoms with Gasteiger partial charge in [0.05, 0.1) is 12.2 Å². The summed E-state index contributed by atoms with van der Waals surface area (Å²) in [6, 6.07) is 10.8. The fourth-order valence-corrected chi connectivity index (χ4v) is 2.32. The van der Waals surface area contributed by atoms with E-state index in [4.69, 9.17) is 10.5 Å². The molecule has 0 radical (unpaired) electrons. The first kappa shape index (κ1) is 11.6. The lowest BCUT2D eigenvalue weighted by molar-refractivity contribution is -0.0245. The van der Waals surface area contributed by atoms with E-state index in [0.29, 0.717) is 12.1 Å². The first-order chi connectivity index (χ1) is 7.75. The molecule has 1 unspecified atom stereocenters. The second kappa shape index (κ2) is 5.46. The molecule has 0 aromatic heterocycles. The zero-order valence-corrected chi connectivity index (χ0v) is 9.93. The normalized spacial score (nSPS) is 27.6. The van der Waals surface area contributed by atoms with Crippen LogP contribution in [0.25, 0.3) is 0 Å². The van der Waals surface area contributed by atoms with Crippen molar-refractivity contribution in [1.82, 2.24) is 0 Å². The van der Waals surface area contributed by atoms with Gasteiger partial charge in [-0.15, -0.1) is 0 Å². The number of rotatable bonds is 3. The molecule has 1 atom stereocenters. The second-order valence-electron chi connectivity index (χ2n) is 4.73. The Morgan fingerprint density at radius 1 is 1.12 bits per heavy atom. The Bertz CT molecular complexity index is 304. The minimum absolute atomic E-state index is 0.195. The largest absolute Gasteiger partial charge is 0.371 e. The van der Waals surface area contributed by atoms with Crippen molar-refractivity contribution in [1.29, 1.82) is 0 Å². The average molecular weight is 219 g/mol. The lowest BCUT2D eigenvalue weighted by Crippen LogP contribution is -2.30. The van der Waals surface area contributed by atoms with Crippen molar-refractivity contribution in [2.24, 2.45) is 5.73 Å². The number of nitrogens with two attached hydrogens (primary N) is 1. The highest BCUT2D eigenvalue weighted by atomic mass is 16.5. The number of hydrogen-bond acceptors (Lipinski definition) is 2. The summed E-state index contributed by atoms with van der Waals surface area (Å²) in [5.41, 5.74) is 7.14. The summed E-state index contributed by atoms with van der Waals surface area (Å²) in [5.74, 6) is 0. The van der Waals surface area contributed by atoms with Gasteiger partial charge in [0.15, 0.2) is 0 Å². The predicted molar refractivity (Wildman–Crippen MR) is 66.2 cm³/mol. The molecule has 88 valence electrons. The Morgan fingerprint density at radius 2 is 1.75 bits per heavy atom. The van der Waals surface area contributed by atoms with E-state index in [2.05, 4.69) is 31.2 Å². The van der Waals surface area contributed by atoms with E-state index >= 15 is 0 Å². The third-order valence-electron chi connectivity index (χ3n) is 3.38. The zero-order valence-electron chi connectivity index (χ0n) is 9.93. The van der Waals surface area contributed by atoms with Gasteiger partial charge in [0, 0.05) is 6.04 Å². The van der Waals surface area contributed by atoms with Gasteiger partial charge in [0.1, 0.15) is 0 Å². The molecule has 1 saturated carbocycles. The molecule has 1 aromatic carbocycles. The van der Waals surface area contributed by atoms with E-state index in [-0.39, 0.29) is 6.10 Å². The Labute approximate surface area is 97.8 Å². The first-order valence-corrected chi connectivity index (χ1v) is 6.21. The summed E-state index contributed by atoms with van der Waals surface area (Å²) < 4.78 is 6.07. The van der Waals surface area contributed by atoms with Gasteiger partial charge in [-0.3, -0.25) is 0 Å². The molecule has 0 spiro atoms. The van der Waals surface area contributed by atoms with Gasteiger partial charge >= 0.3 is 0 Å². The SMILES string of the molecule is CC(OC1CCC(N)CC1)c1ccccc1. The van der Waals surface area contributed by atoms with Crippen LogP contribution in [0.2, 0.25) is 0 Å². The Balaban J connectivity index is 1.86. The van der Waals surface area contributed by atoms with Crippen LogP contribution in [0.1, 0.15) is 44.3 Å². The first-order valence-electron chi connectivity index (χ1n) is 6.21. The number of ether oxygens (including phenoxy) is 1.